The van der Waals surface area contributed by atoms with Crippen molar-refractivity contribution in [3.8, 4) is 0 Å². The Morgan fingerprint density at radius 1 is 1.00 bits per heavy atom. The van der Waals surface area contributed by atoms with E-state index in [1.807, 2.05) is 0 Å². The maximum absolute atomic E-state index is 3.79. The molecule has 0 radical (unpaired) electrons. The van der Waals surface area contributed by atoms with Crippen molar-refractivity contribution in [3.63, 3.8) is 0 Å². The number of piperidine rings is 1. The van der Waals surface area contributed by atoms with Gasteiger partial charge in [0, 0.05) is 19.1 Å². The Hall–Kier alpha value is -0.830. The summed E-state index contributed by atoms with van der Waals surface area (Å²) >= 11 is 2.09. The molecule has 1 aromatic rings. The molecule has 104 valence electrons. The Labute approximate surface area is 121 Å². The van der Waals surface area contributed by atoms with Gasteiger partial charge in [-0.25, -0.2) is 0 Å². The summed E-state index contributed by atoms with van der Waals surface area (Å²) in [5.74, 6) is 2.62. The van der Waals surface area contributed by atoms with Crippen LogP contribution in [0.5, 0.6) is 0 Å². The Bertz CT molecular complexity index is 395. The number of hydrogen-bond donors (Lipinski definition) is 1. The molecule has 0 spiro atoms. The fourth-order valence-corrected chi connectivity index (χ4v) is 4.17. The molecule has 0 aliphatic carbocycles. The van der Waals surface area contributed by atoms with Crippen LogP contribution in [0.25, 0.3) is 0 Å². The van der Waals surface area contributed by atoms with Gasteiger partial charge in [0.15, 0.2) is 0 Å². The summed E-state index contributed by atoms with van der Waals surface area (Å²) < 4.78 is 0. The van der Waals surface area contributed by atoms with Gasteiger partial charge in [-0.1, -0.05) is 12.1 Å². The van der Waals surface area contributed by atoms with Crippen molar-refractivity contribution in [1.82, 2.24) is 0 Å². The van der Waals surface area contributed by atoms with Gasteiger partial charge in [-0.3, -0.25) is 0 Å². The average Bonchev–Trinajstić information content (AvgIpc) is 2.50. The molecule has 2 fully saturated rings. The summed E-state index contributed by atoms with van der Waals surface area (Å²) in [7, 11) is 0. The van der Waals surface area contributed by atoms with E-state index in [0.29, 0.717) is 6.04 Å². The van der Waals surface area contributed by atoms with Crippen LogP contribution in [-0.2, 0) is 0 Å². The van der Waals surface area contributed by atoms with Gasteiger partial charge < -0.3 is 10.2 Å². The number of para-hydroxylation sites is 2. The van der Waals surface area contributed by atoms with Crippen molar-refractivity contribution in [3.05, 3.63) is 24.3 Å². The topological polar surface area (TPSA) is 15.3 Å². The third kappa shape index (κ3) is 3.38. The SMILES string of the molecule is c1ccc(N2CCCCC2)c(NC2CCSCC2)c1. The summed E-state index contributed by atoms with van der Waals surface area (Å²) in [4.78, 5) is 2.56. The van der Waals surface area contributed by atoms with Crippen LogP contribution in [0.2, 0.25) is 0 Å². The Morgan fingerprint density at radius 3 is 2.53 bits per heavy atom. The van der Waals surface area contributed by atoms with Gasteiger partial charge in [0.05, 0.1) is 11.4 Å². The lowest BCUT2D eigenvalue weighted by Crippen LogP contribution is -2.31. The van der Waals surface area contributed by atoms with Gasteiger partial charge in [-0.05, 0) is 55.7 Å². The maximum atomic E-state index is 3.79. The molecule has 1 aromatic carbocycles. The van der Waals surface area contributed by atoms with Gasteiger partial charge in [-0.15, -0.1) is 0 Å². The molecule has 0 bridgehead atoms. The van der Waals surface area contributed by atoms with Crippen LogP contribution >= 0.6 is 11.8 Å². The van der Waals surface area contributed by atoms with E-state index < -0.39 is 0 Å². The van der Waals surface area contributed by atoms with Crippen molar-refractivity contribution < 1.29 is 0 Å². The van der Waals surface area contributed by atoms with E-state index in [9.17, 15) is 0 Å². The zero-order chi connectivity index (χ0) is 12.9. The second kappa shape index (κ2) is 6.56. The van der Waals surface area contributed by atoms with E-state index in [0.717, 1.165) is 0 Å². The quantitative estimate of drug-likeness (QED) is 0.899. The smallest absolute Gasteiger partial charge is 0.0602 e. The van der Waals surface area contributed by atoms with Crippen LogP contribution < -0.4 is 10.2 Å². The highest BCUT2D eigenvalue weighted by Gasteiger charge is 2.17. The van der Waals surface area contributed by atoms with Gasteiger partial charge in [0.25, 0.3) is 0 Å². The molecule has 3 rings (SSSR count). The lowest BCUT2D eigenvalue weighted by molar-refractivity contribution is 0.577. The maximum Gasteiger partial charge on any atom is 0.0602 e. The van der Waals surface area contributed by atoms with Crippen molar-refractivity contribution in [2.75, 3.05) is 34.8 Å². The van der Waals surface area contributed by atoms with Crippen LogP contribution in [0.4, 0.5) is 11.4 Å². The Kier molecular flexibility index (Phi) is 4.54. The molecule has 2 saturated heterocycles. The predicted molar refractivity (Wildman–Crippen MR) is 86.5 cm³/mol. The van der Waals surface area contributed by atoms with Crippen molar-refractivity contribution >= 4 is 23.1 Å². The number of nitrogens with zero attached hydrogens (tertiary/aromatic N) is 1. The Balaban J connectivity index is 1.72. The molecule has 0 saturated carbocycles. The first-order valence-electron chi connectivity index (χ1n) is 7.62. The van der Waals surface area contributed by atoms with E-state index in [1.54, 1.807) is 0 Å². The van der Waals surface area contributed by atoms with E-state index >= 15 is 0 Å². The number of anilines is 2. The highest BCUT2D eigenvalue weighted by Crippen LogP contribution is 2.30. The summed E-state index contributed by atoms with van der Waals surface area (Å²) in [6, 6.07) is 9.54. The Morgan fingerprint density at radius 2 is 1.74 bits per heavy atom. The van der Waals surface area contributed by atoms with E-state index in [2.05, 4.69) is 46.2 Å². The first-order chi connectivity index (χ1) is 9.43. The van der Waals surface area contributed by atoms with Gasteiger partial charge >= 0.3 is 0 Å². The predicted octanol–water partition coefficient (Wildman–Crippen LogP) is 3.98. The summed E-state index contributed by atoms with van der Waals surface area (Å²) in [6.45, 7) is 2.44. The van der Waals surface area contributed by atoms with Crippen molar-refractivity contribution in [2.24, 2.45) is 0 Å². The molecular weight excluding hydrogens is 252 g/mol. The molecule has 2 heterocycles. The number of benzene rings is 1. The van der Waals surface area contributed by atoms with Gasteiger partial charge in [0.2, 0.25) is 0 Å². The minimum Gasteiger partial charge on any atom is -0.381 e. The molecule has 19 heavy (non-hydrogen) atoms. The van der Waals surface area contributed by atoms with Gasteiger partial charge in [0.1, 0.15) is 0 Å². The zero-order valence-corrected chi connectivity index (χ0v) is 12.4. The van der Waals surface area contributed by atoms with E-state index in [1.165, 1.54) is 68.1 Å². The first kappa shape index (κ1) is 13.2. The van der Waals surface area contributed by atoms with E-state index in [-0.39, 0.29) is 0 Å². The minimum atomic E-state index is 0.673. The van der Waals surface area contributed by atoms with Crippen LogP contribution in [0.3, 0.4) is 0 Å². The van der Waals surface area contributed by atoms with Crippen LogP contribution in [-0.4, -0.2) is 30.6 Å². The lowest BCUT2D eigenvalue weighted by Gasteiger charge is -2.32. The molecule has 0 unspecified atom stereocenters. The largest absolute Gasteiger partial charge is 0.381 e. The average molecular weight is 276 g/mol. The molecule has 0 amide bonds. The molecular formula is C16H24N2S. The van der Waals surface area contributed by atoms with Crippen LogP contribution in [0, 0.1) is 0 Å². The molecule has 1 N–H and O–H groups in total. The van der Waals surface area contributed by atoms with Crippen LogP contribution in [0.15, 0.2) is 24.3 Å². The minimum absolute atomic E-state index is 0.673. The van der Waals surface area contributed by atoms with Crippen LogP contribution in [0.1, 0.15) is 32.1 Å². The molecule has 2 aliphatic heterocycles. The third-order valence-corrected chi connectivity index (χ3v) is 5.23. The molecule has 2 nitrogen and oxygen atoms in total. The second-order valence-corrected chi connectivity index (χ2v) is 6.82. The first-order valence-corrected chi connectivity index (χ1v) is 8.77. The van der Waals surface area contributed by atoms with Crippen molar-refractivity contribution in [1.29, 1.82) is 0 Å². The fourth-order valence-electron chi connectivity index (χ4n) is 3.07. The van der Waals surface area contributed by atoms with E-state index in [4.69, 9.17) is 0 Å². The number of nitrogens with one attached hydrogen (secondary N) is 1. The standard InChI is InChI=1S/C16H24N2S/c1-4-10-18(11-5-1)16-7-3-2-6-15(16)17-14-8-12-19-13-9-14/h2-3,6-7,14,17H,1,4-5,8-13H2. The highest BCUT2D eigenvalue weighted by molar-refractivity contribution is 7.99. The third-order valence-electron chi connectivity index (χ3n) is 4.18. The normalized spacial score (nSPS) is 21.4. The molecule has 0 atom stereocenters. The molecule has 3 heteroatoms. The van der Waals surface area contributed by atoms with Crippen molar-refractivity contribution in [2.45, 2.75) is 38.1 Å². The molecule has 0 aromatic heterocycles. The second-order valence-electron chi connectivity index (χ2n) is 5.60. The summed E-state index contributed by atoms with van der Waals surface area (Å²) in [5, 5.41) is 3.79. The monoisotopic (exact) mass is 276 g/mol. The highest BCUT2D eigenvalue weighted by atomic mass is 32.2. The summed E-state index contributed by atoms with van der Waals surface area (Å²) in [5.41, 5.74) is 2.77. The number of thioether (sulfide) groups is 1. The zero-order valence-electron chi connectivity index (χ0n) is 11.6. The fraction of sp³-hybridized carbons (Fsp3) is 0.625. The summed E-state index contributed by atoms with van der Waals surface area (Å²) in [6.07, 6.45) is 6.69. The molecule has 2 aliphatic rings. The lowest BCUT2D eigenvalue weighted by atomic mass is 10.1. The van der Waals surface area contributed by atoms with Gasteiger partial charge in [-0.2, -0.15) is 11.8 Å². The number of hydrogen-bond acceptors (Lipinski definition) is 3. The number of rotatable bonds is 3.